The Hall–Kier alpha value is -0.730. The highest BCUT2D eigenvalue weighted by atomic mass is 35.5. The highest BCUT2D eigenvalue weighted by Crippen LogP contribution is 2.13. The molecule has 0 saturated heterocycles. The summed E-state index contributed by atoms with van der Waals surface area (Å²) >= 11 is 0. The summed E-state index contributed by atoms with van der Waals surface area (Å²) in [6.07, 6.45) is 1.13. The van der Waals surface area contributed by atoms with E-state index in [1.807, 2.05) is 19.1 Å². The summed E-state index contributed by atoms with van der Waals surface area (Å²) in [7, 11) is 0. The van der Waals surface area contributed by atoms with E-state index in [1.165, 1.54) is 5.56 Å². The van der Waals surface area contributed by atoms with Crippen LogP contribution in [0, 0.1) is 0 Å². The molecule has 0 aliphatic carbocycles. The second-order valence-electron chi connectivity index (χ2n) is 4.67. The molecule has 0 fully saturated rings. The fourth-order valence-corrected chi connectivity index (χ4v) is 1.34. The molecule has 0 aliphatic rings. The van der Waals surface area contributed by atoms with Crippen LogP contribution in [0.4, 0.5) is 0 Å². The van der Waals surface area contributed by atoms with Crippen molar-refractivity contribution in [3.05, 3.63) is 29.8 Å². The lowest BCUT2D eigenvalue weighted by molar-refractivity contribution is 0.340. The van der Waals surface area contributed by atoms with E-state index in [4.69, 9.17) is 4.74 Å². The lowest BCUT2D eigenvalue weighted by Gasteiger charge is -2.24. The number of hydrogen-bond donors (Lipinski definition) is 1. The third-order valence-corrected chi connectivity index (χ3v) is 2.89. The van der Waals surface area contributed by atoms with E-state index >= 15 is 0 Å². The standard InChI is InChI=1S/C14H23NO.ClH/c1-5-14(3,4)15-11-12-7-9-13(10-8-12)16-6-2;/h7-10,15H,5-6,11H2,1-4H3;1H. The summed E-state index contributed by atoms with van der Waals surface area (Å²) in [5.41, 5.74) is 1.50. The minimum atomic E-state index is 0. The van der Waals surface area contributed by atoms with Gasteiger partial charge in [0.05, 0.1) is 6.61 Å². The van der Waals surface area contributed by atoms with Crippen molar-refractivity contribution in [3.63, 3.8) is 0 Å². The summed E-state index contributed by atoms with van der Waals surface area (Å²) in [6, 6.07) is 8.28. The van der Waals surface area contributed by atoms with Crippen LogP contribution in [0.3, 0.4) is 0 Å². The fraction of sp³-hybridized carbons (Fsp3) is 0.571. The van der Waals surface area contributed by atoms with Crippen LogP contribution in [0.2, 0.25) is 0 Å². The second kappa shape index (κ2) is 7.57. The van der Waals surface area contributed by atoms with E-state index in [-0.39, 0.29) is 17.9 Å². The third kappa shape index (κ3) is 5.94. The van der Waals surface area contributed by atoms with Gasteiger partial charge in [0.1, 0.15) is 5.75 Å². The van der Waals surface area contributed by atoms with Crippen molar-refractivity contribution in [2.24, 2.45) is 0 Å². The van der Waals surface area contributed by atoms with Crippen LogP contribution in [0.15, 0.2) is 24.3 Å². The first-order chi connectivity index (χ1) is 7.57. The Morgan fingerprint density at radius 1 is 1.12 bits per heavy atom. The Kier molecular flexibility index (Phi) is 7.24. The summed E-state index contributed by atoms with van der Waals surface area (Å²) < 4.78 is 5.41. The molecular formula is C14H24ClNO. The predicted molar refractivity (Wildman–Crippen MR) is 76.1 cm³/mol. The molecule has 3 heteroatoms. The van der Waals surface area contributed by atoms with Crippen molar-refractivity contribution in [2.45, 2.75) is 46.2 Å². The highest BCUT2D eigenvalue weighted by molar-refractivity contribution is 5.85. The molecule has 0 spiro atoms. The maximum atomic E-state index is 5.41. The van der Waals surface area contributed by atoms with Crippen LogP contribution in [0.1, 0.15) is 39.7 Å². The fourth-order valence-electron chi connectivity index (χ4n) is 1.34. The monoisotopic (exact) mass is 257 g/mol. The number of benzene rings is 1. The lowest BCUT2D eigenvalue weighted by Crippen LogP contribution is -2.37. The van der Waals surface area contributed by atoms with E-state index in [2.05, 4.69) is 38.2 Å². The average molecular weight is 258 g/mol. The number of rotatable bonds is 6. The zero-order chi connectivity index (χ0) is 12.0. The first kappa shape index (κ1) is 16.3. The molecule has 0 saturated carbocycles. The second-order valence-corrected chi connectivity index (χ2v) is 4.67. The van der Waals surface area contributed by atoms with Gasteiger partial charge in [-0.05, 0) is 44.9 Å². The first-order valence-electron chi connectivity index (χ1n) is 6.04. The summed E-state index contributed by atoms with van der Waals surface area (Å²) in [6.45, 7) is 10.3. The van der Waals surface area contributed by atoms with Crippen LogP contribution >= 0.6 is 12.4 Å². The zero-order valence-electron chi connectivity index (χ0n) is 11.2. The molecule has 2 nitrogen and oxygen atoms in total. The van der Waals surface area contributed by atoms with Crippen molar-refractivity contribution in [1.82, 2.24) is 5.32 Å². The molecule has 1 aromatic carbocycles. The number of nitrogens with one attached hydrogen (secondary N) is 1. The minimum Gasteiger partial charge on any atom is -0.494 e. The topological polar surface area (TPSA) is 21.3 Å². The SMILES string of the molecule is CCOc1ccc(CNC(C)(C)CC)cc1.Cl. The molecule has 1 aromatic rings. The van der Waals surface area contributed by atoms with Crippen LogP contribution in [0.25, 0.3) is 0 Å². The molecule has 0 aliphatic heterocycles. The van der Waals surface area contributed by atoms with Crippen LogP contribution in [-0.2, 0) is 6.54 Å². The molecule has 17 heavy (non-hydrogen) atoms. The van der Waals surface area contributed by atoms with Gasteiger partial charge in [0.15, 0.2) is 0 Å². The lowest BCUT2D eigenvalue weighted by atomic mass is 10.0. The third-order valence-electron chi connectivity index (χ3n) is 2.89. The van der Waals surface area contributed by atoms with Crippen LogP contribution < -0.4 is 10.1 Å². The molecule has 98 valence electrons. The number of ether oxygens (including phenoxy) is 1. The summed E-state index contributed by atoms with van der Waals surface area (Å²) in [5, 5.41) is 3.54. The number of halogens is 1. The molecular weight excluding hydrogens is 234 g/mol. The van der Waals surface area contributed by atoms with Gasteiger partial charge in [-0.25, -0.2) is 0 Å². The molecule has 1 rings (SSSR count). The van der Waals surface area contributed by atoms with Gasteiger partial charge in [-0.1, -0.05) is 19.1 Å². The largest absolute Gasteiger partial charge is 0.494 e. The molecule has 0 unspecified atom stereocenters. The Labute approximate surface area is 111 Å². The van der Waals surface area contributed by atoms with Crippen molar-refractivity contribution in [2.75, 3.05) is 6.61 Å². The Balaban J connectivity index is 0.00000256. The van der Waals surface area contributed by atoms with Gasteiger partial charge >= 0.3 is 0 Å². The zero-order valence-corrected chi connectivity index (χ0v) is 12.1. The molecule has 0 amide bonds. The maximum Gasteiger partial charge on any atom is 0.119 e. The van der Waals surface area contributed by atoms with Gasteiger partial charge in [-0.2, -0.15) is 0 Å². The quantitative estimate of drug-likeness (QED) is 0.837. The van der Waals surface area contributed by atoms with Crippen molar-refractivity contribution in [3.8, 4) is 5.75 Å². The van der Waals surface area contributed by atoms with E-state index in [9.17, 15) is 0 Å². The van der Waals surface area contributed by atoms with Gasteiger partial charge in [0.25, 0.3) is 0 Å². The predicted octanol–water partition coefficient (Wildman–Crippen LogP) is 3.79. The Bertz CT molecular complexity index is 309. The van der Waals surface area contributed by atoms with Gasteiger partial charge in [-0.15, -0.1) is 12.4 Å². The van der Waals surface area contributed by atoms with Gasteiger partial charge in [0.2, 0.25) is 0 Å². The van der Waals surface area contributed by atoms with E-state index in [0.717, 1.165) is 25.3 Å². The van der Waals surface area contributed by atoms with Crippen molar-refractivity contribution < 1.29 is 4.74 Å². The van der Waals surface area contributed by atoms with Gasteiger partial charge in [0, 0.05) is 12.1 Å². The number of hydrogen-bond acceptors (Lipinski definition) is 2. The Morgan fingerprint density at radius 3 is 2.18 bits per heavy atom. The molecule has 0 atom stereocenters. The van der Waals surface area contributed by atoms with Crippen molar-refractivity contribution in [1.29, 1.82) is 0 Å². The Morgan fingerprint density at radius 2 is 1.71 bits per heavy atom. The molecule has 0 aromatic heterocycles. The average Bonchev–Trinajstić information content (AvgIpc) is 2.29. The summed E-state index contributed by atoms with van der Waals surface area (Å²) in [4.78, 5) is 0. The van der Waals surface area contributed by atoms with Crippen LogP contribution in [0.5, 0.6) is 5.75 Å². The van der Waals surface area contributed by atoms with Crippen LogP contribution in [-0.4, -0.2) is 12.1 Å². The highest BCUT2D eigenvalue weighted by Gasteiger charge is 2.12. The molecule has 0 radical (unpaired) electrons. The summed E-state index contributed by atoms with van der Waals surface area (Å²) in [5.74, 6) is 0.945. The maximum absolute atomic E-state index is 5.41. The van der Waals surface area contributed by atoms with Crippen molar-refractivity contribution >= 4 is 12.4 Å². The van der Waals surface area contributed by atoms with Gasteiger partial charge < -0.3 is 10.1 Å². The smallest absolute Gasteiger partial charge is 0.119 e. The molecule has 0 bridgehead atoms. The minimum absolute atomic E-state index is 0. The van der Waals surface area contributed by atoms with E-state index < -0.39 is 0 Å². The van der Waals surface area contributed by atoms with E-state index in [1.54, 1.807) is 0 Å². The van der Waals surface area contributed by atoms with E-state index in [0.29, 0.717) is 0 Å². The van der Waals surface area contributed by atoms with Gasteiger partial charge in [-0.3, -0.25) is 0 Å². The normalized spacial score (nSPS) is 10.8. The molecule has 1 N–H and O–H groups in total. The molecule has 0 heterocycles. The first-order valence-corrected chi connectivity index (χ1v) is 6.04.